The average Bonchev–Trinajstić information content (AvgIpc) is 1.69. The van der Waals surface area contributed by atoms with E-state index in [-0.39, 0.29) is 0 Å². The monoisotopic (exact) mass is 183 g/mol. The standard InChI is InChI=1S/C5H11N.Mo/c1-3-4-5-6-2;/h2,6H,3-5H2,1H3;. The van der Waals surface area contributed by atoms with E-state index in [2.05, 4.69) is 12.2 Å². The van der Waals surface area contributed by atoms with Gasteiger partial charge < -0.3 is 0 Å². The molecule has 0 amide bonds. The molecule has 0 aromatic carbocycles. The van der Waals surface area contributed by atoms with E-state index in [1.807, 2.05) is 23.9 Å². The van der Waals surface area contributed by atoms with Gasteiger partial charge in [0.1, 0.15) is 0 Å². The number of hydrogen-bond donors (Lipinski definition) is 1. The van der Waals surface area contributed by atoms with Crippen LogP contribution in [0.25, 0.3) is 0 Å². The molecule has 0 atom stereocenters. The van der Waals surface area contributed by atoms with Crippen molar-refractivity contribution in [2.75, 3.05) is 6.54 Å². The summed E-state index contributed by atoms with van der Waals surface area (Å²) in [6.45, 7) is 3.33. The van der Waals surface area contributed by atoms with E-state index in [1.54, 1.807) is 0 Å². The molecule has 0 aromatic rings. The Bertz CT molecular complexity index is 45.3. The van der Waals surface area contributed by atoms with Crippen LogP contribution >= 0.6 is 0 Å². The summed E-state index contributed by atoms with van der Waals surface area (Å²) < 4.78 is 1.99. The van der Waals surface area contributed by atoms with Crippen molar-refractivity contribution in [1.82, 2.24) is 5.32 Å². The van der Waals surface area contributed by atoms with Gasteiger partial charge in [-0.3, -0.25) is 0 Å². The van der Waals surface area contributed by atoms with E-state index >= 15 is 0 Å². The predicted octanol–water partition coefficient (Wildman–Crippen LogP) is 0.683. The first-order valence-corrected chi connectivity index (χ1v) is 3.74. The van der Waals surface area contributed by atoms with Gasteiger partial charge in [0.05, 0.1) is 0 Å². The van der Waals surface area contributed by atoms with Crippen LogP contribution in [0.15, 0.2) is 0 Å². The van der Waals surface area contributed by atoms with Gasteiger partial charge in [-0.1, -0.05) is 0 Å². The molecule has 0 bridgehead atoms. The fourth-order valence-electron chi connectivity index (χ4n) is 0.338. The molecule has 0 heterocycles. The third-order valence-electron chi connectivity index (χ3n) is 0.758. The summed E-state index contributed by atoms with van der Waals surface area (Å²) in [6, 6.07) is 0. The zero-order chi connectivity index (χ0) is 5.54. The summed E-state index contributed by atoms with van der Waals surface area (Å²) >= 11 is 1.95. The Balaban J connectivity index is 2.56. The van der Waals surface area contributed by atoms with Crippen molar-refractivity contribution in [1.29, 1.82) is 0 Å². The molecule has 0 aliphatic heterocycles. The molecular weight excluding hydrogens is 170 g/mol. The van der Waals surface area contributed by atoms with Crippen LogP contribution in [0, 0.1) is 0 Å². The van der Waals surface area contributed by atoms with Crippen LogP contribution in [0.1, 0.15) is 19.8 Å². The molecule has 0 fully saturated rings. The molecule has 0 aliphatic rings. The first-order chi connectivity index (χ1) is 3.41. The third kappa shape index (κ3) is 6.52. The summed E-state index contributed by atoms with van der Waals surface area (Å²) in [5, 5.41) is 3.13. The Labute approximate surface area is 55.9 Å². The Morgan fingerprint density at radius 3 is 2.86 bits per heavy atom. The predicted molar refractivity (Wildman–Crippen MR) is 29.0 cm³/mol. The molecule has 42 valence electrons. The second-order valence-electron chi connectivity index (χ2n) is 1.43. The molecule has 0 unspecified atom stereocenters. The second-order valence-corrected chi connectivity index (χ2v) is 2.00. The van der Waals surface area contributed by atoms with Gasteiger partial charge in [0, 0.05) is 0 Å². The normalized spacial score (nSPS) is 8.71. The summed E-state index contributed by atoms with van der Waals surface area (Å²) in [5.74, 6) is 0. The summed E-state index contributed by atoms with van der Waals surface area (Å²) in [6.07, 6.45) is 2.56. The van der Waals surface area contributed by atoms with Crippen molar-refractivity contribution in [3.05, 3.63) is 0 Å². The number of hydrogen-bond acceptors (Lipinski definition) is 1. The molecule has 1 nitrogen and oxygen atoms in total. The van der Waals surface area contributed by atoms with E-state index in [9.17, 15) is 0 Å². The topological polar surface area (TPSA) is 12.0 Å². The van der Waals surface area contributed by atoms with Crippen LogP contribution in [0.2, 0.25) is 0 Å². The minimum absolute atomic E-state index is 1.13. The molecule has 0 saturated heterocycles. The average molecular weight is 181 g/mol. The molecular formula is C5H11MoN. The molecule has 7 heavy (non-hydrogen) atoms. The fourth-order valence-corrected chi connectivity index (χ4v) is 0.627. The van der Waals surface area contributed by atoms with Crippen molar-refractivity contribution in [2.45, 2.75) is 19.8 Å². The molecule has 1 N–H and O–H groups in total. The van der Waals surface area contributed by atoms with E-state index < -0.39 is 0 Å². The molecule has 0 aliphatic carbocycles. The van der Waals surface area contributed by atoms with Gasteiger partial charge in [-0.15, -0.1) is 0 Å². The Hall–Kier alpha value is 0.518. The van der Waals surface area contributed by atoms with Gasteiger partial charge in [0.25, 0.3) is 0 Å². The van der Waals surface area contributed by atoms with E-state index in [0.29, 0.717) is 0 Å². The van der Waals surface area contributed by atoms with Gasteiger partial charge in [0.2, 0.25) is 0 Å². The molecule has 0 rings (SSSR count). The Kier molecular flexibility index (Phi) is 7.00. The first-order valence-electron chi connectivity index (χ1n) is 2.59. The van der Waals surface area contributed by atoms with Crippen LogP contribution in [0.5, 0.6) is 0 Å². The van der Waals surface area contributed by atoms with E-state index in [0.717, 1.165) is 6.54 Å². The van der Waals surface area contributed by atoms with Crippen LogP contribution in [-0.2, 0) is 19.4 Å². The molecule has 2 heteroatoms. The van der Waals surface area contributed by atoms with Crippen molar-refractivity contribution in [3.8, 4) is 0 Å². The maximum absolute atomic E-state index is 3.13. The second kappa shape index (κ2) is 6.52. The number of rotatable bonds is 4. The molecule has 0 saturated carbocycles. The van der Waals surface area contributed by atoms with Gasteiger partial charge >= 0.3 is 55.5 Å². The van der Waals surface area contributed by atoms with Crippen molar-refractivity contribution < 1.29 is 19.4 Å². The molecule has 0 aromatic heterocycles. The molecule has 0 spiro atoms. The van der Waals surface area contributed by atoms with Crippen molar-refractivity contribution in [3.63, 3.8) is 0 Å². The summed E-state index contributed by atoms with van der Waals surface area (Å²) in [4.78, 5) is 0. The van der Waals surface area contributed by atoms with E-state index in [1.165, 1.54) is 12.8 Å². The van der Waals surface area contributed by atoms with Crippen LogP contribution in [-0.4, -0.2) is 11.1 Å². The zero-order valence-electron chi connectivity index (χ0n) is 4.61. The Morgan fingerprint density at radius 1 is 1.71 bits per heavy atom. The number of nitrogens with one attached hydrogen (secondary N) is 1. The Morgan fingerprint density at radius 2 is 2.43 bits per heavy atom. The van der Waals surface area contributed by atoms with Crippen molar-refractivity contribution >= 4 is 4.52 Å². The minimum atomic E-state index is 1.13. The third-order valence-corrected chi connectivity index (χ3v) is 1.17. The van der Waals surface area contributed by atoms with Crippen LogP contribution in [0.4, 0.5) is 0 Å². The van der Waals surface area contributed by atoms with E-state index in [4.69, 9.17) is 0 Å². The van der Waals surface area contributed by atoms with Crippen molar-refractivity contribution in [2.24, 2.45) is 0 Å². The SMILES string of the molecule is CCCCN[CH]=[Mo]. The molecule has 0 radical (unpaired) electrons. The number of unbranched alkanes of at least 4 members (excludes halogenated alkanes) is 1. The van der Waals surface area contributed by atoms with Gasteiger partial charge in [-0.2, -0.15) is 0 Å². The summed E-state index contributed by atoms with van der Waals surface area (Å²) in [7, 11) is 0. The van der Waals surface area contributed by atoms with Gasteiger partial charge in [-0.05, 0) is 0 Å². The van der Waals surface area contributed by atoms with Crippen LogP contribution < -0.4 is 5.32 Å². The first kappa shape index (κ1) is 7.52. The van der Waals surface area contributed by atoms with Crippen LogP contribution in [0.3, 0.4) is 0 Å². The van der Waals surface area contributed by atoms with Gasteiger partial charge in [0.15, 0.2) is 0 Å². The summed E-state index contributed by atoms with van der Waals surface area (Å²) in [5.41, 5.74) is 0. The fraction of sp³-hybridized carbons (Fsp3) is 0.800. The maximum atomic E-state index is 3.13. The quantitative estimate of drug-likeness (QED) is 0.496. The van der Waals surface area contributed by atoms with Gasteiger partial charge in [-0.25, -0.2) is 0 Å². The zero-order valence-corrected chi connectivity index (χ0v) is 6.61.